The van der Waals surface area contributed by atoms with Gasteiger partial charge in [0, 0.05) is 17.1 Å². The third kappa shape index (κ3) is 4.21. The first kappa shape index (κ1) is 16.8. The van der Waals surface area contributed by atoms with Gasteiger partial charge >= 0.3 is 0 Å². The Balaban J connectivity index is 2.11. The van der Waals surface area contributed by atoms with Crippen LogP contribution in [0.15, 0.2) is 24.3 Å². The molecule has 2 unspecified atom stereocenters. The zero-order valence-corrected chi connectivity index (χ0v) is 14.5. The normalized spacial score (nSPS) is 21.2. The van der Waals surface area contributed by atoms with Gasteiger partial charge in [-0.2, -0.15) is 0 Å². The van der Waals surface area contributed by atoms with Crippen LogP contribution in [0.25, 0.3) is 0 Å². The van der Waals surface area contributed by atoms with Gasteiger partial charge in [0.25, 0.3) is 0 Å². The van der Waals surface area contributed by atoms with Gasteiger partial charge < -0.3 is 5.73 Å². The maximum absolute atomic E-state index is 6.29. The zero-order chi connectivity index (χ0) is 15.6. The first-order chi connectivity index (χ1) is 9.79. The van der Waals surface area contributed by atoms with Crippen LogP contribution >= 0.6 is 11.6 Å². The monoisotopic (exact) mass is 308 g/mol. The molecular formula is C18H29ClN2. The van der Waals surface area contributed by atoms with E-state index in [4.69, 9.17) is 17.3 Å². The molecule has 1 aliphatic heterocycles. The fraction of sp³-hybridized carbons (Fsp3) is 0.667. The third-order valence-electron chi connectivity index (χ3n) is 4.84. The van der Waals surface area contributed by atoms with Crippen molar-refractivity contribution in [2.45, 2.75) is 52.6 Å². The van der Waals surface area contributed by atoms with Crippen molar-refractivity contribution in [1.82, 2.24) is 4.90 Å². The number of halogens is 1. The lowest BCUT2D eigenvalue weighted by molar-refractivity contribution is 0.0749. The summed E-state index contributed by atoms with van der Waals surface area (Å²) in [4.78, 5) is 2.54. The number of hydrogen-bond donors (Lipinski definition) is 1. The van der Waals surface area contributed by atoms with Crippen molar-refractivity contribution in [3.63, 3.8) is 0 Å². The molecule has 21 heavy (non-hydrogen) atoms. The lowest BCUT2D eigenvalue weighted by Gasteiger charge is -2.43. The summed E-state index contributed by atoms with van der Waals surface area (Å²) in [5.74, 6) is 0.807. The van der Waals surface area contributed by atoms with Crippen molar-refractivity contribution in [3.8, 4) is 0 Å². The van der Waals surface area contributed by atoms with E-state index in [2.05, 4.69) is 44.7 Å². The smallest absolute Gasteiger partial charge is 0.0497 e. The minimum atomic E-state index is 0.106. The van der Waals surface area contributed by atoms with Gasteiger partial charge in [-0.3, -0.25) is 4.90 Å². The van der Waals surface area contributed by atoms with Gasteiger partial charge in [0.1, 0.15) is 0 Å². The van der Waals surface area contributed by atoms with Crippen molar-refractivity contribution >= 4 is 11.6 Å². The Morgan fingerprint density at radius 2 is 1.86 bits per heavy atom. The highest BCUT2D eigenvalue weighted by molar-refractivity contribution is 6.30. The summed E-state index contributed by atoms with van der Waals surface area (Å²) in [6, 6.07) is 8.53. The molecule has 1 heterocycles. The molecule has 0 radical (unpaired) electrons. The summed E-state index contributed by atoms with van der Waals surface area (Å²) >= 11 is 6.16. The van der Waals surface area contributed by atoms with E-state index in [1.54, 1.807) is 0 Å². The van der Waals surface area contributed by atoms with Gasteiger partial charge in [0.2, 0.25) is 0 Å². The molecule has 1 aromatic carbocycles. The zero-order valence-electron chi connectivity index (χ0n) is 13.8. The number of benzene rings is 1. The molecule has 1 saturated heterocycles. The quantitative estimate of drug-likeness (QED) is 0.891. The Bertz CT molecular complexity index is 457. The molecule has 118 valence electrons. The maximum Gasteiger partial charge on any atom is 0.0497 e. The van der Waals surface area contributed by atoms with E-state index < -0.39 is 0 Å². The standard InChI is InChI=1S/C18H29ClN2/c1-13(20)17(14-6-5-7-16(19)12-14)21-10-8-15(9-11-21)18(2,3)4/h5-7,12-13,15,17H,8-11,20H2,1-4H3. The summed E-state index contributed by atoms with van der Waals surface area (Å²) in [7, 11) is 0. The fourth-order valence-corrected chi connectivity index (χ4v) is 3.78. The topological polar surface area (TPSA) is 29.3 Å². The molecule has 2 N–H and O–H groups in total. The van der Waals surface area contributed by atoms with Crippen LogP contribution in [0, 0.1) is 11.3 Å². The Morgan fingerprint density at radius 3 is 2.33 bits per heavy atom. The molecule has 1 aromatic rings. The predicted molar refractivity (Wildman–Crippen MR) is 91.6 cm³/mol. The van der Waals surface area contributed by atoms with E-state index in [1.165, 1.54) is 18.4 Å². The molecule has 2 atom stereocenters. The molecule has 3 heteroatoms. The second kappa shape index (κ2) is 6.68. The predicted octanol–water partition coefficient (Wildman–Crippen LogP) is 4.49. The van der Waals surface area contributed by atoms with Crippen LogP contribution in [0.4, 0.5) is 0 Å². The highest BCUT2D eigenvalue weighted by Gasteiger charge is 2.32. The Kier molecular flexibility index (Phi) is 5.34. The van der Waals surface area contributed by atoms with E-state index in [1.807, 2.05) is 12.1 Å². The molecule has 0 amide bonds. The molecule has 2 nitrogen and oxygen atoms in total. The van der Waals surface area contributed by atoms with Crippen LogP contribution in [0.1, 0.15) is 52.1 Å². The van der Waals surface area contributed by atoms with Crippen LogP contribution in [0.5, 0.6) is 0 Å². The largest absolute Gasteiger partial charge is 0.326 e. The van der Waals surface area contributed by atoms with Crippen molar-refractivity contribution < 1.29 is 0 Å². The average molecular weight is 309 g/mol. The number of nitrogens with two attached hydrogens (primary N) is 1. The summed E-state index contributed by atoms with van der Waals surface area (Å²) in [6.07, 6.45) is 2.51. The van der Waals surface area contributed by atoms with Gasteiger partial charge in [-0.1, -0.05) is 44.5 Å². The second-order valence-corrected chi connectivity index (χ2v) is 7.97. The van der Waals surface area contributed by atoms with Crippen molar-refractivity contribution in [2.75, 3.05) is 13.1 Å². The molecule has 2 rings (SSSR count). The summed E-state index contributed by atoms with van der Waals surface area (Å²) in [6.45, 7) is 11.4. The van der Waals surface area contributed by atoms with E-state index in [0.29, 0.717) is 5.41 Å². The van der Waals surface area contributed by atoms with Gasteiger partial charge in [-0.05, 0) is 61.9 Å². The van der Waals surface area contributed by atoms with E-state index >= 15 is 0 Å². The molecule has 0 spiro atoms. The molecule has 0 aromatic heterocycles. The van der Waals surface area contributed by atoms with Gasteiger partial charge in [0.05, 0.1) is 0 Å². The lowest BCUT2D eigenvalue weighted by Crippen LogP contribution is -2.45. The number of likely N-dealkylation sites (tertiary alicyclic amines) is 1. The molecular weight excluding hydrogens is 280 g/mol. The molecule has 0 aliphatic carbocycles. The molecule has 1 fully saturated rings. The van der Waals surface area contributed by atoms with Crippen LogP contribution in [0.2, 0.25) is 5.02 Å². The molecule has 1 aliphatic rings. The Hall–Kier alpha value is -0.570. The van der Waals surface area contributed by atoms with Gasteiger partial charge in [-0.25, -0.2) is 0 Å². The first-order valence-corrected chi connectivity index (χ1v) is 8.42. The summed E-state index contributed by atoms with van der Waals surface area (Å²) < 4.78 is 0. The SMILES string of the molecule is CC(N)C(c1cccc(Cl)c1)N1CCC(C(C)(C)C)CC1. The van der Waals surface area contributed by atoms with E-state index in [0.717, 1.165) is 24.0 Å². The van der Waals surface area contributed by atoms with Crippen molar-refractivity contribution in [2.24, 2.45) is 17.1 Å². The molecule has 0 saturated carbocycles. The number of piperidine rings is 1. The minimum Gasteiger partial charge on any atom is -0.326 e. The fourth-order valence-electron chi connectivity index (χ4n) is 3.58. The molecule has 0 bridgehead atoms. The highest BCUT2D eigenvalue weighted by Crippen LogP contribution is 2.37. The first-order valence-electron chi connectivity index (χ1n) is 8.04. The minimum absolute atomic E-state index is 0.106. The average Bonchev–Trinajstić information content (AvgIpc) is 2.38. The number of nitrogens with zero attached hydrogens (tertiary/aromatic N) is 1. The summed E-state index contributed by atoms with van der Waals surface area (Å²) in [5, 5.41) is 0.794. The van der Waals surface area contributed by atoms with E-state index in [9.17, 15) is 0 Å². The second-order valence-electron chi connectivity index (χ2n) is 7.54. The van der Waals surface area contributed by atoms with Gasteiger partial charge in [-0.15, -0.1) is 0 Å². The van der Waals surface area contributed by atoms with Crippen LogP contribution in [-0.4, -0.2) is 24.0 Å². The summed E-state index contributed by atoms with van der Waals surface area (Å²) in [5.41, 5.74) is 7.94. The number of rotatable bonds is 3. The Labute approximate surface area is 134 Å². The highest BCUT2D eigenvalue weighted by atomic mass is 35.5. The van der Waals surface area contributed by atoms with Crippen LogP contribution in [-0.2, 0) is 0 Å². The van der Waals surface area contributed by atoms with E-state index in [-0.39, 0.29) is 12.1 Å². The lowest BCUT2D eigenvalue weighted by atomic mass is 9.75. The van der Waals surface area contributed by atoms with Crippen molar-refractivity contribution in [3.05, 3.63) is 34.9 Å². The van der Waals surface area contributed by atoms with Gasteiger partial charge in [0.15, 0.2) is 0 Å². The number of hydrogen-bond acceptors (Lipinski definition) is 2. The van der Waals surface area contributed by atoms with Crippen LogP contribution in [0.3, 0.4) is 0 Å². The third-order valence-corrected chi connectivity index (χ3v) is 5.07. The Morgan fingerprint density at radius 1 is 1.24 bits per heavy atom. The van der Waals surface area contributed by atoms with Crippen LogP contribution < -0.4 is 5.73 Å². The maximum atomic E-state index is 6.29. The van der Waals surface area contributed by atoms with Crippen molar-refractivity contribution in [1.29, 1.82) is 0 Å².